The summed E-state index contributed by atoms with van der Waals surface area (Å²) in [7, 11) is 5.91. The highest BCUT2D eigenvalue weighted by atomic mass is 16.2. The lowest BCUT2D eigenvalue weighted by molar-refractivity contribution is -0.132. The van der Waals surface area contributed by atoms with Crippen LogP contribution in [0.15, 0.2) is 24.5 Å². The minimum atomic E-state index is 0.171. The number of aryl methyl sites for hydroxylation is 2. The van der Waals surface area contributed by atoms with E-state index >= 15 is 0 Å². The number of carbonyl (C=O) groups excluding carboxylic acids is 1. The van der Waals surface area contributed by atoms with E-state index in [2.05, 4.69) is 16.1 Å². The summed E-state index contributed by atoms with van der Waals surface area (Å²) in [5.41, 5.74) is 3.48. The number of anilines is 1. The van der Waals surface area contributed by atoms with Crippen molar-refractivity contribution in [1.29, 1.82) is 0 Å². The fourth-order valence-electron chi connectivity index (χ4n) is 3.47. The number of aromatic nitrogens is 3. The molecule has 0 aliphatic carbocycles. The number of nitrogens with zero attached hydrogens (tertiary/aromatic N) is 5. The van der Waals surface area contributed by atoms with E-state index in [1.54, 1.807) is 0 Å². The zero-order valence-electron chi connectivity index (χ0n) is 15.6. The molecule has 2 aromatic rings. The summed E-state index contributed by atoms with van der Waals surface area (Å²) in [4.78, 5) is 21.2. The zero-order chi connectivity index (χ0) is 18.0. The van der Waals surface area contributed by atoms with Crippen LogP contribution in [0.4, 0.5) is 5.82 Å². The molecule has 0 spiro atoms. The van der Waals surface area contributed by atoms with Gasteiger partial charge in [-0.15, -0.1) is 0 Å². The van der Waals surface area contributed by atoms with E-state index in [1.807, 2.05) is 61.0 Å². The van der Waals surface area contributed by atoms with Crippen LogP contribution in [0.3, 0.4) is 0 Å². The molecule has 25 heavy (non-hydrogen) atoms. The molecular formula is C19H27N5O. The third-order valence-electron chi connectivity index (χ3n) is 5.13. The Morgan fingerprint density at radius 2 is 2.20 bits per heavy atom. The normalized spacial score (nSPS) is 17.1. The Balaban J connectivity index is 1.69. The molecule has 2 aromatic heterocycles. The second-order valence-electron chi connectivity index (χ2n) is 6.97. The first-order valence-electron chi connectivity index (χ1n) is 8.87. The summed E-state index contributed by atoms with van der Waals surface area (Å²) in [6.45, 7) is 2.89. The molecule has 134 valence electrons. The number of pyridine rings is 1. The van der Waals surface area contributed by atoms with Crippen LogP contribution >= 0.6 is 0 Å². The Morgan fingerprint density at radius 3 is 2.88 bits per heavy atom. The third-order valence-corrected chi connectivity index (χ3v) is 5.13. The molecule has 1 saturated heterocycles. The minimum Gasteiger partial charge on any atom is -0.363 e. The van der Waals surface area contributed by atoms with Crippen molar-refractivity contribution in [3.8, 4) is 0 Å². The van der Waals surface area contributed by atoms with Gasteiger partial charge in [0.2, 0.25) is 5.91 Å². The van der Waals surface area contributed by atoms with Gasteiger partial charge in [-0.2, -0.15) is 5.10 Å². The Labute approximate surface area is 149 Å². The summed E-state index contributed by atoms with van der Waals surface area (Å²) >= 11 is 0. The fourth-order valence-corrected chi connectivity index (χ4v) is 3.47. The standard InChI is InChI=1S/C19H27N5O/c1-14-16(13-21-23(14)4)7-8-19(25)24-11-5-6-17(24)15-9-10-20-18(12-15)22(2)3/h9-10,12-13,17H,5-8,11H2,1-4H3/t17-/m0/s1. The van der Waals surface area contributed by atoms with Crippen molar-refractivity contribution in [2.45, 2.75) is 38.6 Å². The molecule has 6 nitrogen and oxygen atoms in total. The number of rotatable bonds is 5. The smallest absolute Gasteiger partial charge is 0.223 e. The molecule has 3 rings (SSSR count). The molecule has 1 aliphatic rings. The van der Waals surface area contributed by atoms with Crippen molar-refractivity contribution in [3.05, 3.63) is 41.3 Å². The summed E-state index contributed by atoms with van der Waals surface area (Å²) in [5.74, 6) is 1.16. The molecule has 1 fully saturated rings. The van der Waals surface area contributed by atoms with Crippen molar-refractivity contribution in [3.63, 3.8) is 0 Å². The second-order valence-corrected chi connectivity index (χ2v) is 6.97. The van der Waals surface area contributed by atoms with Gasteiger partial charge < -0.3 is 9.80 Å². The highest BCUT2D eigenvalue weighted by Crippen LogP contribution is 2.33. The van der Waals surface area contributed by atoms with Crippen LogP contribution in [0, 0.1) is 6.92 Å². The molecule has 0 aromatic carbocycles. The van der Waals surface area contributed by atoms with Crippen molar-refractivity contribution >= 4 is 11.7 Å². The van der Waals surface area contributed by atoms with Gasteiger partial charge in [-0.3, -0.25) is 9.48 Å². The maximum Gasteiger partial charge on any atom is 0.223 e. The average Bonchev–Trinajstić information content (AvgIpc) is 3.21. The van der Waals surface area contributed by atoms with Gasteiger partial charge in [0, 0.05) is 46.0 Å². The Morgan fingerprint density at radius 1 is 1.40 bits per heavy atom. The molecule has 0 radical (unpaired) electrons. The van der Waals surface area contributed by atoms with Crippen LogP contribution < -0.4 is 4.90 Å². The molecule has 6 heteroatoms. The molecule has 0 saturated carbocycles. The van der Waals surface area contributed by atoms with Crippen molar-refractivity contribution in [2.75, 3.05) is 25.5 Å². The lowest BCUT2D eigenvalue weighted by Crippen LogP contribution is -2.30. The molecule has 0 bridgehead atoms. The molecule has 0 unspecified atom stereocenters. The Hall–Kier alpha value is -2.37. The van der Waals surface area contributed by atoms with Gasteiger partial charge in [0.05, 0.1) is 12.2 Å². The Bertz CT molecular complexity index is 752. The maximum atomic E-state index is 12.8. The number of carbonyl (C=O) groups is 1. The first-order chi connectivity index (χ1) is 12.0. The van der Waals surface area contributed by atoms with Crippen molar-refractivity contribution < 1.29 is 4.79 Å². The van der Waals surface area contributed by atoms with Crippen LogP contribution in [0.25, 0.3) is 0 Å². The largest absolute Gasteiger partial charge is 0.363 e. The summed E-state index contributed by atoms with van der Waals surface area (Å²) in [6, 6.07) is 4.31. The first kappa shape index (κ1) is 17.5. The highest BCUT2D eigenvalue weighted by Gasteiger charge is 2.30. The first-order valence-corrected chi connectivity index (χ1v) is 8.87. The maximum absolute atomic E-state index is 12.8. The van der Waals surface area contributed by atoms with Crippen molar-refractivity contribution in [2.24, 2.45) is 7.05 Å². The SMILES string of the molecule is Cc1c(CCC(=O)N2CCC[C@H]2c2ccnc(N(C)C)c2)cnn1C. The average molecular weight is 341 g/mol. The van der Waals surface area contributed by atoms with Crippen LogP contribution in [0.5, 0.6) is 0 Å². The van der Waals surface area contributed by atoms with E-state index < -0.39 is 0 Å². The van der Waals surface area contributed by atoms with Gasteiger partial charge in [0.15, 0.2) is 0 Å². The topological polar surface area (TPSA) is 54.3 Å². The van der Waals surface area contributed by atoms with E-state index in [-0.39, 0.29) is 11.9 Å². The lowest BCUT2D eigenvalue weighted by Gasteiger charge is -2.26. The number of hydrogen-bond acceptors (Lipinski definition) is 4. The quantitative estimate of drug-likeness (QED) is 0.838. The van der Waals surface area contributed by atoms with Gasteiger partial charge in [0.1, 0.15) is 5.82 Å². The summed E-state index contributed by atoms with van der Waals surface area (Å²) in [6.07, 6.45) is 7.08. The molecule has 1 amide bonds. The summed E-state index contributed by atoms with van der Waals surface area (Å²) < 4.78 is 1.86. The minimum absolute atomic E-state index is 0.171. The van der Waals surface area contributed by atoms with Crippen LogP contribution in [-0.4, -0.2) is 46.2 Å². The lowest BCUT2D eigenvalue weighted by atomic mass is 10.0. The Kier molecular flexibility index (Phi) is 5.06. The van der Waals surface area contributed by atoms with Gasteiger partial charge in [0.25, 0.3) is 0 Å². The van der Waals surface area contributed by atoms with Gasteiger partial charge >= 0.3 is 0 Å². The highest BCUT2D eigenvalue weighted by molar-refractivity contribution is 5.77. The second kappa shape index (κ2) is 7.25. The van der Waals surface area contributed by atoms with Gasteiger partial charge in [-0.05, 0) is 49.4 Å². The number of likely N-dealkylation sites (tertiary alicyclic amines) is 1. The fraction of sp³-hybridized carbons (Fsp3) is 0.526. The van der Waals surface area contributed by atoms with E-state index in [1.165, 1.54) is 5.56 Å². The van der Waals surface area contributed by atoms with E-state index in [4.69, 9.17) is 0 Å². The van der Waals surface area contributed by atoms with Crippen molar-refractivity contribution in [1.82, 2.24) is 19.7 Å². The van der Waals surface area contributed by atoms with E-state index in [9.17, 15) is 4.79 Å². The van der Waals surface area contributed by atoms with Crippen LogP contribution in [0.2, 0.25) is 0 Å². The molecule has 1 aliphatic heterocycles. The molecule has 0 N–H and O–H groups in total. The van der Waals surface area contributed by atoms with Crippen LogP contribution in [-0.2, 0) is 18.3 Å². The number of amides is 1. The predicted octanol–water partition coefficient (Wildman–Crippen LogP) is 2.49. The molecule has 3 heterocycles. The molecule has 1 atom stereocenters. The van der Waals surface area contributed by atoms with Gasteiger partial charge in [-0.25, -0.2) is 4.98 Å². The summed E-state index contributed by atoms with van der Waals surface area (Å²) in [5, 5.41) is 4.26. The zero-order valence-corrected chi connectivity index (χ0v) is 15.6. The van der Waals surface area contributed by atoms with Crippen LogP contribution in [0.1, 0.15) is 42.1 Å². The van der Waals surface area contributed by atoms with E-state index in [0.717, 1.165) is 42.9 Å². The van der Waals surface area contributed by atoms with E-state index in [0.29, 0.717) is 6.42 Å². The number of hydrogen-bond donors (Lipinski definition) is 0. The third kappa shape index (κ3) is 3.67. The monoisotopic (exact) mass is 341 g/mol. The van der Waals surface area contributed by atoms with Gasteiger partial charge in [-0.1, -0.05) is 0 Å². The predicted molar refractivity (Wildman–Crippen MR) is 98.5 cm³/mol. The molecular weight excluding hydrogens is 314 g/mol.